The fourth-order valence-electron chi connectivity index (χ4n) is 2.54. The molecule has 0 spiro atoms. The summed E-state index contributed by atoms with van der Waals surface area (Å²) < 4.78 is 1.78. The van der Waals surface area contributed by atoms with Gasteiger partial charge < -0.3 is 10.0 Å². The zero-order valence-corrected chi connectivity index (χ0v) is 11.5. The van der Waals surface area contributed by atoms with Crippen molar-refractivity contribution in [1.29, 1.82) is 0 Å². The van der Waals surface area contributed by atoms with Gasteiger partial charge in [0.05, 0.1) is 11.8 Å². The Labute approximate surface area is 122 Å². The minimum atomic E-state index is -0.409. The number of aromatic nitrogens is 3. The molecule has 108 valence electrons. The third-order valence-corrected chi connectivity index (χ3v) is 3.92. The Hall–Kier alpha value is -2.21. The van der Waals surface area contributed by atoms with Crippen LogP contribution in [0.3, 0.4) is 0 Å². The molecule has 21 heavy (non-hydrogen) atoms. The van der Waals surface area contributed by atoms with Gasteiger partial charge in [0.2, 0.25) is 5.82 Å². The Balaban J connectivity index is 1.69. The molecule has 4 rings (SSSR count). The first-order chi connectivity index (χ1) is 10.2. The van der Waals surface area contributed by atoms with Gasteiger partial charge in [0, 0.05) is 19.0 Å². The number of amides is 1. The summed E-state index contributed by atoms with van der Waals surface area (Å²) >= 11 is 0. The van der Waals surface area contributed by atoms with Gasteiger partial charge in [-0.1, -0.05) is 18.2 Å². The standard InChI is InChI=1S/C15H16N4O2/c20-12-8-18(9-12)15(21)13-16-14(10-6-7-10)19(17-13)11-4-2-1-3-5-11/h1-5,10,12,20H,6-9H2. The van der Waals surface area contributed by atoms with Crippen LogP contribution in [0.15, 0.2) is 30.3 Å². The Morgan fingerprint density at radius 1 is 1.19 bits per heavy atom. The van der Waals surface area contributed by atoms with Gasteiger partial charge in [-0.25, -0.2) is 9.67 Å². The van der Waals surface area contributed by atoms with Gasteiger partial charge in [0.1, 0.15) is 5.82 Å². The lowest BCUT2D eigenvalue weighted by atomic mass is 10.2. The number of carbonyl (C=O) groups excluding carboxylic acids is 1. The summed E-state index contributed by atoms with van der Waals surface area (Å²) in [7, 11) is 0. The van der Waals surface area contributed by atoms with Crippen LogP contribution in [0, 0.1) is 0 Å². The second-order valence-corrected chi connectivity index (χ2v) is 5.68. The molecule has 1 aromatic carbocycles. The van der Waals surface area contributed by atoms with E-state index >= 15 is 0 Å². The van der Waals surface area contributed by atoms with Crippen LogP contribution in [0.5, 0.6) is 0 Å². The molecule has 0 radical (unpaired) electrons. The second kappa shape index (κ2) is 4.66. The van der Waals surface area contributed by atoms with Crippen molar-refractivity contribution in [3.63, 3.8) is 0 Å². The molecule has 0 unspecified atom stereocenters. The molecule has 1 amide bonds. The van der Waals surface area contributed by atoms with E-state index in [4.69, 9.17) is 0 Å². The highest BCUT2D eigenvalue weighted by Crippen LogP contribution is 2.39. The smallest absolute Gasteiger partial charge is 0.293 e. The molecule has 2 fully saturated rings. The van der Waals surface area contributed by atoms with Crippen molar-refractivity contribution in [3.05, 3.63) is 42.0 Å². The molecule has 1 aliphatic heterocycles. The molecule has 6 heteroatoms. The Morgan fingerprint density at radius 3 is 2.52 bits per heavy atom. The number of aliphatic hydroxyl groups is 1. The highest BCUT2D eigenvalue weighted by atomic mass is 16.3. The lowest BCUT2D eigenvalue weighted by Crippen LogP contribution is -2.53. The lowest BCUT2D eigenvalue weighted by Gasteiger charge is -2.34. The average molecular weight is 284 g/mol. The molecule has 0 atom stereocenters. The Bertz CT molecular complexity index is 672. The highest BCUT2D eigenvalue weighted by molar-refractivity contribution is 5.91. The van der Waals surface area contributed by atoms with E-state index in [9.17, 15) is 9.90 Å². The van der Waals surface area contributed by atoms with Gasteiger partial charge in [0.15, 0.2) is 0 Å². The van der Waals surface area contributed by atoms with E-state index in [1.807, 2.05) is 30.3 Å². The molecule has 1 aromatic heterocycles. The van der Waals surface area contributed by atoms with Gasteiger partial charge in [-0.2, -0.15) is 0 Å². The number of carbonyl (C=O) groups is 1. The minimum Gasteiger partial charge on any atom is -0.389 e. The van der Waals surface area contributed by atoms with Gasteiger partial charge in [0.25, 0.3) is 5.91 Å². The number of rotatable bonds is 3. The van der Waals surface area contributed by atoms with E-state index < -0.39 is 6.10 Å². The number of para-hydroxylation sites is 1. The monoisotopic (exact) mass is 284 g/mol. The van der Waals surface area contributed by atoms with Crippen molar-refractivity contribution >= 4 is 5.91 Å². The second-order valence-electron chi connectivity index (χ2n) is 5.68. The number of nitrogens with zero attached hydrogens (tertiary/aromatic N) is 4. The number of aliphatic hydroxyl groups excluding tert-OH is 1. The van der Waals surface area contributed by atoms with E-state index in [-0.39, 0.29) is 11.7 Å². The van der Waals surface area contributed by atoms with Crippen LogP contribution < -0.4 is 0 Å². The predicted octanol–water partition coefficient (Wildman–Crippen LogP) is 0.961. The summed E-state index contributed by atoms with van der Waals surface area (Å²) in [5, 5.41) is 13.7. The molecule has 2 heterocycles. The van der Waals surface area contributed by atoms with E-state index in [1.165, 1.54) is 0 Å². The maximum atomic E-state index is 12.3. The largest absolute Gasteiger partial charge is 0.389 e. The summed E-state index contributed by atoms with van der Waals surface area (Å²) in [6.07, 6.45) is 1.79. The lowest BCUT2D eigenvalue weighted by molar-refractivity contribution is 0.00508. The number of hydrogen-bond acceptors (Lipinski definition) is 4. The first-order valence-electron chi connectivity index (χ1n) is 7.22. The summed E-state index contributed by atoms with van der Waals surface area (Å²) in [6, 6.07) is 9.76. The fraction of sp³-hybridized carbons (Fsp3) is 0.400. The van der Waals surface area contributed by atoms with E-state index in [0.29, 0.717) is 19.0 Å². The topological polar surface area (TPSA) is 71.2 Å². The van der Waals surface area contributed by atoms with Gasteiger partial charge in [-0.3, -0.25) is 4.79 Å². The van der Waals surface area contributed by atoms with Crippen molar-refractivity contribution < 1.29 is 9.90 Å². The molecule has 1 saturated carbocycles. The molecule has 6 nitrogen and oxygen atoms in total. The van der Waals surface area contributed by atoms with Gasteiger partial charge >= 0.3 is 0 Å². The summed E-state index contributed by atoms with van der Waals surface area (Å²) in [6.45, 7) is 0.745. The van der Waals surface area contributed by atoms with E-state index in [0.717, 1.165) is 24.4 Å². The Morgan fingerprint density at radius 2 is 1.90 bits per heavy atom. The van der Waals surface area contributed by atoms with Crippen molar-refractivity contribution in [3.8, 4) is 5.69 Å². The Kier molecular flexibility index (Phi) is 2.78. The number of β-amino-alcohol motifs (C(OH)–C–C–N with tert-alkyl or cyclic N) is 1. The summed E-state index contributed by atoms with van der Waals surface area (Å²) in [5.41, 5.74) is 0.926. The van der Waals surface area contributed by atoms with E-state index in [2.05, 4.69) is 10.1 Å². The van der Waals surface area contributed by atoms with Crippen LogP contribution in [-0.4, -0.2) is 49.9 Å². The third kappa shape index (κ3) is 2.21. The minimum absolute atomic E-state index is 0.197. The first kappa shape index (κ1) is 12.5. The zero-order valence-electron chi connectivity index (χ0n) is 11.5. The van der Waals surface area contributed by atoms with Gasteiger partial charge in [-0.15, -0.1) is 5.10 Å². The first-order valence-corrected chi connectivity index (χ1v) is 7.22. The molecule has 1 N–H and O–H groups in total. The maximum Gasteiger partial charge on any atom is 0.293 e. The molecule has 1 saturated heterocycles. The van der Waals surface area contributed by atoms with Gasteiger partial charge in [-0.05, 0) is 25.0 Å². The van der Waals surface area contributed by atoms with Crippen LogP contribution in [0.1, 0.15) is 35.2 Å². The van der Waals surface area contributed by atoms with Crippen LogP contribution in [0.2, 0.25) is 0 Å². The van der Waals surface area contributed by atoms with Crippen LogP contribution in [0.4, 0.5) is 0 Å². The molecule has 1 aliphatic carbocycles. The van der Waals surface area contributed by atoms with Crippen molar-refractivity contribution in [2.45, 2.75) is 24.9 Å². The normalized spacial score (nSPS) is 18.6. The zero-order chi connectivity index (χ0) is 14.4. The van der Waals surface area contributed by atoms with Crippen molar-refractivity contribution in [1.82, 2.24) is 19.7 Å². The summed E-state index contributed by atoms with van der Waals surface area (Å²) in [5.74, 6) is 1.30. The molecule has 0 bridgehead atoms. The molecule has 2 aliphatic rings. The summed E-state index contributed by atoms with van der Waals surface area (Å²) in [4.78, 5) is 18.3. The number of hydrogen-bond donors (Lipinski definition) is 1. The number of benzene rings is 1. The fourth-order valence-corrected chi connectivity index (χ4v) is 2.54. The van der Waals surface area contributed by atoms with Crippen LogP contribution in [0.25, 0.3) is 5.69 Å². The molecule has 2 aromatic rings. The molecular weight excluding hydrogens is 268 g/mol. The van der Waals surface area contributed by atoms with E-state index in [1.54, 1.807) is 9.58 Å². The predicted molar refractivity (Wildman–Crippen MR) is 75.2 cm³/mol. The van der Waals surface area contributed by atoms with Crippen LogP contribution in [-0.2, 0) is 0 Å². The SMILES string of the molecule is O=C(c1nc(C2CC2)n(-c2ccccc2)n1)N1CC(O)C1. The van der Waals surface area contributed by atoms with Crippen molar-refractivity contribution in [2.75, 3.05) is 13.1 Å². The third-order valence-electron chi connectivity index (χ3n) is 3.92. The van der Waals surface area contributed by atoms with Crippen molar-refractivity contribution in [2.24, 2.45) is 0 Å². The highest BCUT2D eigenvalue weighted by Gasteiger charge is 2.35. The average Bonchev–Trinajstić information content (AvgIpc) is 3.23. The maximum absolute atomic E-state index is 12.3. The van der Waals surface area contributed by atoms with Crippen LogP contribution >= 0.6 is 0 Å². The quantitative estimate of drug-likeness (QED) is 0.911. The number of likely N-dealkylation sites (tertiary alicyclic amines) is 1. The molecular formula is C15H16N4O2.